The minimum absolute atomic E-state index is 0.299. The fraction of sp³-hybridized carbons (Fsp3) is 0.692. The van der Waals surface area contributed by atoms with E-state index < -0.39 is 0 Å². The standard InChI is InChI=1S/C13H22N4OS/c1-3-4-7-19-13-15-11(14)8-12(16-13)17-6-5-10(9-17)18-2/h8,10H,3-7,9H2,1-2H3,(H2,14,15,16). The Bertz CT molecular complexity index is 416. The summed E-state index contributed by atoms with van der Waals surface area (Å²) in [5.74, 6) is 2.51. The van der Waals surface area contributed by atoms with Crippen LogP contribution in [0.3, 0.4) is 0 Å². The third-order valence-electron chi connectivity index (χ3n) is 3.24. The molecule has 0 radical (unpaired) electrons. The summed E-state index contributed by atoms with van der Waals surface area (Å²) in [6, 6.07) is 1.85. The summed E-state index contributed by atoms with van der Waals surface area (Å²) >= 11 is 1.68. The molecule has 1 aliphatic rings. The number of aromatic nitrogens is 2. The molecule has 0 spiro atoms. The molecule has 1 aromatic rings. The predicted octanol–water partition coefficient (Wildman–Crippen LogP) is 2.18. The number of anilines is 2. The predicted molar refractivity (Wildman–Crippen MR) is 79.7 cm³/mol. The number of hydrogen-bond donors (Lipinski definition) is 1. The zero-order valence-electron chi connectivity index (χ0n) is 11.6. The van der Waals surface area contributed by atoms with Gasteiger partial charge in [-0.05, 0) is 12.8 Å². The minimum atomic E-state index is 0.299. The molecule has 1 unspecified atom stereocenters. The van der Waals surface area contributed by atoms with Gasteiger partial charge in [-0.15, -0.1) is 0 Å². The van der Waals surface area contributed by atoms with Gasteiger partial charge in [0, 0.05) is 32.0 Å². The molecule has 1 aliphatic heterocycles. The second kappa shape index (κ2) is 6.96. The lowest BCUT2D eigenvalue weighted by molar-refractivity contribution is 0.121. The van der Waals surface area contributed by atoms with Crippen molar-refractivity contribution in [2.75, 3.05) is 36.6 Å². The fourth-order valence-electron chi connectivity index (χ4n) is 2.09. The molecule has 0 aromatic carbocycles. The third-order valence-corrected chi connectivity index (χ3v) is 4.18. The van der Waals surface area contributed by atoms with E-state index in [1.54, 1.807) is 18.9 Å². The molecule has 1 fully saturated rings. The molecule has 1 saturated heterocycles. The van der Waals surface area contributed by atoms with E-state index in [9.17, 15) is 0 Å². The lowest BCUT2D eigenvalue weighted by atomic mass is 10.3. The van der Waals surface area contributed by atoms with Crippen molar-refractivity contribution in [2.45, 2.75) is 37.4 Å². The second-order valence-electron chi connectivity index (χ2n) is 4.73. The van der Waals surface area contributed by atoms with Crippen LogP contribution in [0, 0.1) is 0 Å². The van der Waals surface area contributed by atoms with Crippen molar-refractivity contribution < 1.29 is 4.74 Å². The number of unbranched alkanes of at least 4 members (excludes halogenated alkanes) is 1. The summed E-state index contributed by atoms with van der Waals surface area (Å²) < 4.78 is 5.38. The van der Waals surface area contributed by atoms with Gasteiger partial charge in [-0.3, -0.25) is 0 Å². The van der Waals surface area contributed by atoms with Crippen LogP contribution in [0.1, 0.15) is 26.2 Å². The third kappa shape index (κ3) is 3.98. The maximum Gasteiger partial charge on any atom is 0.191 e. The van der Waals surface area contributed by atoms with Gasteiger partial charge >= 0.3 is 0 Å². The van der Waals surface area contributed by atoms with E-state index in [-0.39, 0.29) is 0 Å². The molecule has 1 atom stereocenters. The van der Waals surface area contributed by atoms with Crippen molar-refractivity contribution in [2.24, 2.45) is 0 Å². The zero-order chi connectivity index (χ0) is 13.7. The number of nitrogens with zero attached hydrogens (tertiary/aromatic N) is 3. The van der Waals surface area contributed by atoms with E-state index in [0.717, 1.165) is 36.2 Å². The van der Waals surface area contributed by atoms with Crippen molar-refractivity contribution >= 4 is 23.4 Å². The Balaban J connectivity index is 2.04. The van der Waals surface area contributed by atoms with E-state index in [1.807, 2.05) is 6.07 Å². The molecule has 1 aromatic heterocycles. The van der Waals surface area contributed by atoms with Crippen LogP contribution in [-0.4, -0.2) is 42.0 Å². The average molecular weight is 282 g/mol. The van der Waals surface area contributed by atoms with Gasteiger partial charge in [-0.25, -0.2) is 9.97 Å². The Kier molecular flexibility index (Phi) is 5.27. The van der Waals surface area contributed by atoms with Crippen LogP contribution in [0.4, 0.5) is 11.6 Å². The number of methoxy groups -OCH3 is 1. The lowest BCUT2D eigenvalue weighted by Crippen LogP contribution is -2.23. The number of hydrogen-bond acceptors (Lipinski definition) is 6. The number of nitrogen functional groups attached to an aromatic ring is 1. The zero-order valence-corrected chi connectivity index (χ0v) is 12.4. The first-order valence-corrected chi connectivity index (χ1v) is 7.76. The molecule has 0 saturated carbocycles. The quantitative estimate of drug-likeness (QED) is 0.490. The van der Waals surface area contributed by atoms with Crippen molar-refractivity contribution in [1.29, 1.82) is 0 Å². The lowest BCUT2D eigenvalue weighted by Gasteiger charge is -2.18. The first-order chi connectivity index (χ1) is 9.22. The van der Waals surface area contributed by atoms with Gasteiger partial charge < -0.3 is 15.4 Å². The van der Waals surface area contributed by atoms with Crippen LogP contribution in [0.5, 0.6) is 0 Å². The SMILES string of the molecule is CCCCSc1nc(N)cc(N2CCC(OC)C2)n1. The fourth-order valence-corrected chi connectivity index (χ4v) is 3.04. The van der Waals surface area contributed by atoms with Crippen LogP contribution in [0.15, 0.2) is 11.2 Å². The summed E-state index contributed by atoms with van der Waals surface area (Å²) in [7, 11) is 1.76. The molecule has 0 amide bonds. The summed E-state index contributed by atoms with van der Waals surface area (Å²) in [6.07, 6.45) is 3.70. The highest BCUT2D eigenvalue weighted by molar-refractivity contribution is 7.99. The average Bonchev–Trinajstić information content (AvgIpc) is 2.87. The largest absolute Gasteiger partial charge is 0.383 e. The van der Waals surface area contributed by atoms with E-state index in [2.05, 4.69) is 21.8 Å². The Morgan fingerprint density at radius 3 is 3.05 bits per heavy atom. The number of rotatable bonds is 6. The van der Waals surface area contributed by atoms with Crippen molar-refractivity contribution in [3.63, 3.8) is 0 Å². The van der Waals surface area contributed by atoms with E-state index in [1.165, 1.54) is 12.8 Å². The van der Waals surface area contributed by atoms with E-state index in [0.29, 0.717) is 11.9 Å². The highest BCUT2D eigenvalue weighted by Gasteiger charge is 2.23. The smallest absolute Gasteiger partial charge is 0.191 e. The Hall–Kier alpha value is -1.01. The maximum atomic E-state index is 5.88. The van der Waals surface area contributed by atoms with Gasteiger partial charge in [0.15, 0.2) is 5.16 Å². The monoisotopic (exact) mass is 282 g/mol. The number of nitrogens with two attached hydrogens (primary N) is 1. The van der Waals surface area contributed by atoms with Gasteiger partial charge in [-0.1, -0.05) is 25.1 Å². The molecule has 106 valence electrons. The normalized spacial score (nSPS) is 19.1. The molecule has 19 heavy (non-hydrogen) atoms. The minimum Gasteiger partial charge on any atom is -0.383 e. The Morgan fingerprint density at radius 1 is 1.53 bits per heavy atom. The molecule has 2 N–H and O–H groups in total. The topological polar surface area (TPSA) is 64.3 Å². The van der Waals surface area contributed by atoms with Crippen molar-refractivity contribution in [3.05, 3.63) is 6.07 Å². The Labute approximate surface area is 118 Å². The summed E-state index contributed by atoms with van der Waals surface area (Å²) in [4.78, 5) is 11.1. The van der Waals surface area contributed by atoms with E-state index in [4.69, 9.17) is 10.5 Å². The van der Waals surface area contributed by atoms with Crippen LogP contribution < -0.4 is 10.6 Å². The summed E-state index contributed by atoms with van der Waals surface area (Å²) in [5.41, 5.74) is 5.88. The van der Waals surface area contributed by atoms with Crippen molar-refractivity contribution in [1.82, 2.24) is 9.97 Å². The maximum absolute atomic E-state index is 5.88. The Morgan fingerprint density at radius 2 is 2.37 bits per heavy atom. The molecular formula is C13H22N4OS. The molecule has 2 heterocycles. The number of ether oxygens (including phenoxy) is 1. The first-order valence-electron chi connectivity index (χ1n) is 6.78. The van der Waals surface area contributed by atoms with Gasteiger partial charge in [0.1, 0.15) is 11.6 Å². The molecule has 0 bridgehead atoms. The van der Waals surface area contributed by atoms with E-state index >= 15 is 0 Å². The second-order valence-corrected chi connectivity index (χ2v) is 5.79. The highest BCUT2D eigenvalue weighted by Crippen LogP contribution is 2.24. The highest BCUT2D eigenvalue weighted by atomic mass is 32.2. The number of thioether (sulfide) groups is 1. The molecule has 5 nitrogen and oxygen atoms in total. The first kappa shape index (κ1) is 14.4. The summed E-state index contributed by atoms with van der Waals surface area (Å²) in [5, 5.41) is 0.782. The molecule has 6 heteroatoms. The summed E-state index contributed by atoms with van der Waals surface area (Å²) in [6.45, 7) is 4.03. The van der Waals surface area contributed by atoms with Crippen molar-refractivity contribution in [3.8, 4) is 0 Å². The van der Waals surface area contributed by atoms with Gasteiger partial charge in [0.2, 0.25) is 0 Å². The van der Waals surface area contributed by atoms with Gasteiger partial charge in [0.25, 0.3) is 0 Å². The van der Waals surface area contributed by atoms with Gasteiger partial charge in [-0.2, -0.15) is 0 Å². The van der Waals surface area contributed by atoms with Gasteiger partial charge in [0.05, 0.1) is 6.10 Å². The van der Waals surface area contributed by atoms with Crippen LogP contribution in [0.2, 0.25) is 0 Å². The molecule has 2 rings (SSSR count). The van der Waals surface area contributed by atoms with Crippen LogP contribution in [-0.2, 0) is 4.74 Å². The molecular weight excluding hydrogens is 260 g/mol. The molecule has 0 aliphatic carbocycles. The van der Waals surface area contributed by atoms with Crippen LogP contribution in [0.25, 0.3) is 0 Å². The van der Waals surface area contributed by atoms with Crippen LogP contribution >= 0.6 is 11.8 Å².